The highest BCUT2D eigenvalue weighted by Gasteiger charge is 2.32. The number of benzene rings is 3. The van der Waals surface area contributed by atoms with Gasteiger partial charge in [-0.1, -0.05) is 41.4 Å². The molecule has 0 fully saturated rings. The second kappa shape index (κ2) is 16.0. The fraction of sp³-hybridized carbons (Fsp3) is 0.258. The zero-order valence-electron chi connectivity index (χ0n) is 24.5. The Morgan fingerprint density at radius 3 is 2.47 bits per heavy atom. The zero-order valence-corrected chi connectivity index (χ0v) is 28.2. The Bertz CT molecular complexity index is 1580. The number of carbonyl (C=O) groups excluding carboxylic acids is 2. The van der Waals surface area contributed by atoms with Crippen molar-refractivity contribution in [1.82, 2.24) is 16.1 Å². The third-order valence-electron chi connectivity index (χ3n) is 6.43. The summed E-state index contributed by atoms with van der Waals surface area (Å²) in [5.74, 6) is 0.478. The molecule has 0 unspecified atom stereocenters. The SMILES string of the molecule is CCOc1cc([C@@H]2NC(=O)NC(C)=C2C(=O)OC)ccc1OC[C@@H](O)N/N=C\c1cc(Cl)c(OCc2ccc(I)cc2)c(Cl)c1. The molecule has 2 amide bonds. The average molecular weight is 769 g/mol. The Hall–Kier alpha value is -3.72. The molecule has 1 aliphatic rings. The quantitative estimate of drug-likeness (QED) is 0.0572. The van der Waals surface area contributed by atoms with Crippen LogP contribution in [0.25, 0.3) is 0 Å². The molecule has 0 saturated carbocycles. The van der Waals surface area contributed by atoms with Gasteiger partial charge < -0.3 is 34.7 Å². The fourth-order valence-corrected chi connectivity index (χ4v) is 5.32. The predicted octanol–water partition coefficient (Wildman–Crippen LogP) is 5.70. The van der Waals surface area contributed by atoms with E-state index < -0.39 is 24.3 Å². The van der Waals surface area contributed by atoms with E-state index in [4.69, 9.17) is 42.1 Å². The van der Waals surface area contributed by atoms with Gasteiger partial charge in [-0.3, -0.25) is 5.43 Å². The number of carbonyl (C=O) groups is 2. The van der Waals surface area contributed by atoms with E-state index in [0.29, 0.717) is 57.3 Å². The van der Waals surface area contributed by atoms with Gasteiger partial charge in [-0.25, -0.2) is 9.59 Å². The second-order valence-electron chi connectivity index (χ2n) is 9.64. The first-order valence-corrected chi connectivity index (χ1v) is 15.5. The summed E-state index contributed by atoms with van der Waals surface area (Å²) in [6.07, 6.45) is 0.268. The first-order chi connectivity index (χ1) is 21.6. The van der Waals surface area contributed by atoms with Crippen molar-refractivity contribution in [2.45, 2.75) is 32.7 Å². The monoisotopic (exact) mass is 768 g/mol. The van der Waals surface area contributed by atoms with Gasteiger partial charge in [0.2, 0.25) is 0 Å². The number of nitrogens with one attached hydrogen (secondary N) is 3. The average Bonchev–Trinajstić information content (AvgIpc) is 3.00. The molecule has 4 N–H and O–H groups in total. The van der Waals surface area contributed by atoms with Gasteiger partial charge in [0.25, 0.3) is 0 Å². The molecule has 0 aliphatic carbocycles. The van der Waals surface area contributed by atoms with Crippen LogP contribution in [-0.2, 0) is 16.1 Å². The number of amides is 2. The summed E-state index contributed by atoms with van der Waals surface area (Å²) < 4.78 is 23.4. The molecule has 14 heteroatoms. The number of aliphatic hydroxyl groups is 1. The van der Waals surface area contributed by atoms with Crippen LogP contribution in [0.1, 0.15) is 36.6 Å². The first kappa shape index (κ1) is 34.2. The van der Waals surface area contributed by atoms with Crippen LogP contribution in [0, 0.1) is 3.57 Å². The molecule has 238 valence electrons. The Kier molecular flexibility index (Phi) is 12.2. The highest BCUT2D eigenvalue weighted by Crippen LogP contribution is 2.36. The van der Waals surface area contributed by atoms with E-state index >= 15 is 0 Å². The molecule has 45 heavy (non-hydrogen) atoms. The summed E-state index contributed by atoms with van der Waals surface area (Å²) in [6.45, 7) is 3.88. The highest BCUT2D eigenvalue weighted by atomic mass is 127. The second-order valence-corrected chi connectivity index (χ2v) is 11.7. The standard InChI is InChI=1S/C31H31Cl2IN4O7/c1-4-43-25-13-20(28-27(30(40)42-3)17(2)36-31(41)37-28)7-10-24(25)44-16-26(39)38-35-14-19-11-22(32)29(23(33)12-19)45-15-18-5-8-21(34)9-6-18/h5-14,26,28,38-39H,4,15-16H2,1-3H3,(H2,36,37,41)/b35-14-/t26-,28+/m1/s1. The van der Waals surface area contributed by atoms with Gasteiger partial charge >= 0.3 is 12.0 Å². The number of urea groups is 1. The third kappa shape index (κ3) is 9.16. The smallest absolute Gasteiger partial charge is 0.337 e. The fourth-order valence-electron chi connectivity index (χ4n) is 4.35. The molecule has 0 aromatic heterocycles. The van der Waals surface area contributed by atoms with Crippen LogP contribution in [0.2, 0.25) is 10.0 Å². The number of hydrogen-bond acceptors (Lipinski definition) is 9. The summed E-state index contributed by atoms with van der Waals surface area (Å²) in [5, 5.41) is 20.4. The molecule has 0 radical (unpaired) electrons. The number of rotatable bonds is 13. The largest absolute Gasteiger partial charge is 0.490 e. The first-order valence-electron chi connectivity index (χ1n) is 13.7. The van der Waals surface area contributed by atoms with Crippen LogP contribution < -0.4 is 30.3 Å². The molecule has 11 nitrogen and oxygen atoms in total. The Morgan fingerprint density at radius 2 is 1.80 bits per heavy atom. The molecule has 3 aromatic carbocycles. The van der Waals surface area contributed by atoms with E-state index in [1.807, 2.05) is 24.3 Å². The molecular weight excluding hydrogens is 738 g/mol. The predicted molar refractivity (Wildman–Crippen MR) is 179 cm³/mol. The van der Waals surface area contributed by atoms with Crippen LogP contribution in [0.15, 0.2) is 71.0 Å². The molecule has 4 rings (SSSR count). The Balaban J connectivity index is 1.37. The summed E-state index contributed by atoms with van der Waals surface area (Å²) >= 11 is 15.1. The maximum absolute atomic E-state index is 12.4. The molecule has 0 spiro atoms. The summed E-state index contributed by atoms with van der Waals surface area (Å²) in [6, 6.07) is 14.9. The number of aliphatic hydroxyl groups excluding tert-OH is 1. The number of methoxy groups -OCH3 is 1. The van der Waals surface area contributed by atoms with E-state index in [0.717, 1.165) is 9.13 Å². The molecule has 0 bridgehead atoms. The molecule has 1 heterocycles. The van der Waals surface area contributed by atoms with Crippen LogP contribution >= 0.6 is 45.8 Å². The van der Waals surface area contributed by atoms with E-state index in [2.05, 4.69) is 43.8 Å². The number of halogens is 3. The molecule has 2 atom stereocenters. The number of nitrogens with zero attached hydrogens (tertiary/aromatic N) is 1. The maximum atomic E-state index is 12.4. The number of ether oxygens (including phenoxy) is 4. The van der Waals surface area contributed by atoms with Gasteiger partial charge in [-0.2, -0.15) is 5.10 Å². The molecular formula is C31H31Cl2IN4O7. The molecule has 3 aromatic rings. The topological polar surface area (TPSA) is 140 Å². The van der Waals surface area contributed by atoms with Gasteiger partial charge in [0.05, 0.1) is 41.6 Å². The minimum absolute atomic E-state index is 0.180. The van der Waals surface area contributed by atoms with Gasteiger partial charge in [0, 0.05) is 9.27 Å². The van der Waals surface area contributed by atoms with Crippen molar-refractivity contribution in [1.29, 1.82) is 0 Å². The van der Waals surface area contributed by atoms with E-state index in [1.54, 1.807) is 44.2 Å². The maximum Gasteiger partial charge on any atom is 0.337 e. The summed E-state index contributed by atoms with van der Waals surface area (Å²) in [4.78, 5) is 24.6. The normalized spacial score (nSPS) is 15.3. The highest BCUT2D eigenvalue weighted by molar-refractivity contribution is 14.1. The van der Waals surface area contributed by atoms with E-state index in [-0.39, 0.29) is 12.2 Å². The van der Waals surface area contributed by atoms with Crippen molar-refractivity contribution in [2.24, 2.45) is 5.10 Å². The minimum Gasteiger partial charge on any atom is -0.490 e. The van der Waals surface area contributed by atoms with Gasteiger partial charge in [0.1, 0.15) is 13.2 Å². The van der Waals surface area contributed by atoms with E-state index in [1.165, 1.54) is 13.3 Å². The lowest BCUT2D eigenvalue weighted by Crippen LogP contribution is -2.45. The van der Waals surface area contributed by atoms with Gasteiger partial charge in [-0.15, -0.1) is 0 Å². The van der Waals surface area contributed by atoms with Crippen molar-refractivity contribution in [3.63, 3.8) is 0 Å². The molecule has 0 saturated heterocycles. The number of hydrazone groups is 1. The number of hydrogen-bond donors (Lipinski definition) is 4. The van der Waals surface area contributed by atoms with Crippen molar-refractivity contribution < 1.29 is 33.6 Å². The third-order valence-corrected chi connectivity index (χ3v) is 7.71. The lowest BCUT2D eigenvalue weighted by atomic mass is 9.95. The summed E-state index contributed by atoms with van der Waals surface area (Å²) in [7, 11) is 1.27. The van der Waals surface area contributed by atoms with E-state index in [9.17, 15) is 14.7 Å². The van der Waals surface area contributed by atoms with Crippen molar-refractivity contribution in [3.8, 4) is 17.2 Å². The Labute approximate surface area is 284 Å². The van der Waals surface area contributed by atoms with Crippen molar-refractivity contribution in [2.75, 3.05) is 20.3 Å². The van der Waals surface area contributed by atoms with Crippen LogP contribution in [0.5, 0.6) is 17.2 Å². The summed E-state index contributed by atoms with van der Waals surface area (Å²) in [5.41, 5.74) is 5.37. The van der Waals surface area contributed by atoms with Gasteiger partial charge in [-0.05, 0) is 89.5 Å². The lowest BCUT2D eigenvalue weighted by molar-refractivity contribution is -0.136. The van der Waals surface area contributed by atoms with Crippen LogP contribution in [-0.4, -0.2) is 49.9 Å². The lowest BCUT2D eigenvalue weighted by Gasteiger charge is -2.28. The number of esters is 1. The zero-order chi connectivity index (χ0) is 32.5. The van der Waals surface area contributed by atoms with Crippen LogP contribution in [0.3, 0.4) is 0 Å². The van der Waals surface area contributed by atoms with Crippen LogP contribution in [0.4, 0.5) is 4.79 Å². The van der Waals surface area contributed by atoms with Crippen molar-refractivity contribution >= 4 is 64.0 Å². The Morgan fingerprint density at radius 1 is 1.09 bits per heavy atom. The number of allylic oxidation sites excluding steroid dienone is 1. The van der Waals surface area contributed by atoms with Crippen molar-refractivity contribution in [3.05, 3.63) is 96.2 Å². The van der Waals surface area contributed by atoms with Gasteiger partial charge in [0.15, 0.2) is 23.5 Å². The molecule has 1 aliphatic heterocycles. The minimum atomic E-state index is -1.18.